The van der Waals surface area contributed by atoms with E-state index in [2.05, 4.69) is 10.3 Å². The summed E-state index contributed by atoms with van der Waals surface area (Å²) >= 11 is 1.28. The Morgan fingerprint density at radius 3 is 2.72 bits per heavy atom. The number of nitrogens with one attached hydrogen (secondary N) is 1. The minimum atomic E-state index is -0.569. The van der Waals surface area contributed by atoms with Crippen molar-refractivity contribution in [2.24, 2.45) is 0 Å². The number of aromatic nitrogens is 1. The van der Waals surface area contributed by atoms with Gasteiger partial charge in [0.05, 0.1) is 17.2 Å². The predicted molar refractivity (Wildman–Crippen MR) is 108 cm³/mol. The van der Waals surface area contributed by atoms with Crippen molar-refractivity contribution in [3.63, 3.8) is 0 Å². The lowest BCUT2D eigenvalue weighted by Gasteiger charge is -2.29. The van der Waals surface area contributed by atoms with Gasteiger partial charge in [0.1, 0.15) is 5.60 Å². The summed E-state index contributed by atoms with van der Waals surface area (Å²) in [5.74, 6) is -0.469. The molecule has 0 bridgehead atoms. The topological polar surface area (TPSA) is 115 Å². The van der Waals surface area contributed by atoms with Crippen LogP contribution in [-0.2, 0) is 17.7 Å². The van der Waals surface area contributed by atoms with E-state index in [1.807, 2.05) is 20.8 Å². The van der Waals surface area contributed by atoms with Gasteiger partial charge in [-0.25, -0.2) is 9.78 Å². The summed E-state index contributed by atoms with van der Waals surface area (Å²) in [5, 5.41) is 14.2. The van der Waals surface area contributed by atoms with Crippen LogP contribution in [0.2, 0.25) is 0 Å². The molecule has 10 heteroatoms. The van der Waals surface area contributed by atoms with Gasteiger partial charge in [-0.05, 0) is 33.8 Å². The molecule has 0 aliphatic carbocycles. The van der Waals surface area contributed by atoms with Gasteiger partial charge in [0.15, 0.2) is 5.13 Å². The van der Waals surface area contributed by atoms with Crippen LogP contribution in [0.15, 0.2) is 18.2 Å². The van der Waals surface area contributed by atoms with Gasteiger partial charge in [-0.1, -0.05) is 17.4 Å². The highest BCUT2D eigenvalue weighted by molar-refractivity contribution is 7.15. The summed E-state index contributed by atoms with van der Waals surface area (Å²) in [6, 6.07) is 4.33. The molecule has 1 aliphatic heterocycles. The molecule has 0 saturated heterocycles. The number of fused-ring (bicyclic) bond motifs is 1. The van der Waals surface area contributed by atoms with Crippen LogP contribution in [0.25, 0.3) is 0 Å². The van der Waals surface area contributed by atoms with Crippen molar-refractivity contribution >= 4 is 34.2 Å². The normalized spacial score (nSPS) is 13.6. The number of carbonyl (C=O) groups excluding carboxylic acids is 2. The molecular formula is C19H22N4O5S. The lowest BCUT2D eigenvalue weighted by molar-refractivity contribution is -0.385. The fourth-order valence-corrected chi connectivity index (χ4v) is 3.87. The van der Waals surface area contributed by atoms with E-state index < -0.39 is 16.4 Å². The molecule has 1 aromatic carbocycles. The number of nitro benzene ring substituents is 1. The van der Waals surface area contributed by atoms with Gasteiger partial charge in [0.2, 0.25) is 0 Å². The molecule has 1 N–H and O–H groups in total. The average Bonchev–Trinajstić information content (AvgIpc) is 3.01. The van der Waals surface area contributed by atoms with E-state index in [-0.39, 0.29) is 17.3 Å². The maximum Gasteiger partial charge on any atom is 0.410 e. The third-order valence-electron chi connectivity index (χ3n) is 4.27. The standard InChI is InChI=1S/C19H22N4O5S/c1-11-5-6-12(9-14(11)23(26)27)16(24)21-17-20-13-7-8-22(10-15(13)29-17)18(25)28-19(2,3)4/h5-6,9H,7-8,10H2,1-4H3,(H,20,21,24). The van der Waals surface area contributed by atoms with E-state index in [0.29, 0.717) is 30.2 Å². The van der Waals surface area contributed by atoms with Gasteiger partial charge in [-0.3, -0.25) is 20.2 Å². The predicted octanol–water partition coefficient (Wildman–Crippen LogP) is 3.91. The Kier molecular flexibility index (Phi) is 5.56. The largest absolute Gasteiger partial charge is 0.444 e. The van der Waals surface area contributed by atoms with Crippen LogP contribution in [0.4, 0.5) is 15.6 Å². The first-order valence-electron chi connectivity index (χ1n) is 9.06. The zero-order chi connectivity index (χ0) is 21.3. The van der Waals surface area contributed by atoms with Crippen molar-refractivity contribution in [1.29, 1.82) is 0 Å². The number of hydrogen-bond donors (Lipinski definition) is 1. The second-order valence-electron chi connectivity index (χ2n) is 7.75. The van der Waals surface area contributed by atoms with E-state index in [0.717, 1.165) is 10.6 Å². The number of nitrogens with zero attached hydrogens (tertiary/aromatic N) is 3. The molecule has 2 amide bonds. The number of rotatable bonds is 3. The summed E-state index contributed by atoms with van der Waals surface area (Å²) < 4.78 is 5.41. The molecule has 0 fully saturated rings. The number of anilines is 1. The van der Waals surface area contributed by atoms with Gasteiger partial charge < -0.3 is 9.64 Å². The highest BCUT2D eigenvalue weighted by Crippen LogP contribution is 2.29. The molecule has 9 nitrogen and oxygen atoms in total. The van der Waals surface area contributed by atoms with Gasteiger partial charge in [0, 0.05) is 35.0 Å². The maximum absolute atomic E-state index is 12.5. The van der Waals surface area contributed by atoms with Crippen molar-refractivity contribution < 1.29 is 19.2 Å². The van der Waals surface area contributed by atoms with E-state index >= 15 is 0 Å². The van der Waals surface area contributed by atoms with E-state index in [9.17, 15) is 19.7 Å². The van der Waals surface area contributed by atoms with Crippen LogP contribution in [-0.4, -0.2) is 39.0 Å². The van der Waals surface area contributed by atoms with Crippen LogP contribution in [0.1, 0.15) is 47.3 Å². The number of ether oxygens (including phenoxy) is 1. The average molecular weight is 418 g/mol. The first-order valence-corrected chi connectivity index (χ1v) is 9.88. The molecule has 0 unspecified atom stereocenters. The van der Waals surface area contributed by atoms with E-state index in [1.54, 1.807) is 17.9 Å². The minimum Gasteiger partial charge on any atom is -0.444 e. The van der Waals surface area contributed by atoms with Crippen LogP contribution in [0.3, 0.4) is 0 Å². The fraction of sp³-hybridized carbons (Fsp3) is 0.421. The molecule has 0 radical (unpaired) electrons. The number of aryl methyl sites for hydroxylation is 1. The zero-order valence-corrected chi connectivity index (χ0v) is 17.5. The van der Waals surface area contributed by atoms with E-state index in [4.69, 9.17) is 4.74 Å². The Morgan fingerprint density at radius 1 is 1.34 bits per heavy atom. The molecule has 2 aromatic rings. The number of nitro groups is 1. The zero-order valence-electron chi connectivity index (χ0n) is 16.6. The first kappa shape index (κ1) is 20.7. The minimum absolute atomic E-state index is 0.107. The first-order chi connectivity index (χ1) is 13.5. The molecule has 1 aromatic heterocycles. The third-order valence-corrected chi connectivity index (χ3v) is 5.27. The monoisotopic (exact) mass is 418 g/mol. The summed E-state index contributed by atoms with van der Waals surface area (Å²) in [6.07, 6.45) is 0.186. The Bertz CT molecular complexity index is 979. The molecule has 0 atom stereocenters. The molecule has 0 spiro atoms. The van der Waals surface area contributed by atoms with Crippen molar-refractivity contribution in [3.8, 4) is 0 Å². The fourth-order valence-electron chi connectivity index (χ4n) is 2.85. The Hall–Kier alpha value is -3.01. The van der Waals surface area contributed by atoms with Gasteiger partial charge >= 0.3 is 6.09 Å². The van der Waals surface area contributed by atoms with E-state index in [1.165, 1.54) is 23.5 Å². The lowest BCUT2D eigenvalue weighted by Crippen LogP contribution is -2.39. The summed E-state index contributed by atoms with van der Waals surface area (Å²) in [5.41, 5.74) is 0.828. The summed E-state index contributed by atoms with van der Waals surface area (Å²) in [4.78, 5) is 42.3. The molecule has 154 valence electrons. The van der Waals surface area contributed by atoms with Gasteiger partial charge in [-0.15, -0.1) is 0 Å². The quantitative estimate of drug-likeness (QED) is 0.597. The molecule has 2 heterocycles. The van der Waals surface area contributed by atoms with Gasteiger partial charge in [0.25, 0.3) is 11.6 Å². The number of benzene rings is 1. The van der Waals surface area contributed by atoms with Crippen LogP contribution in [0.5, 0.6) is 0 Å². The van der Waals surface area contributed by atoms with Crippen molar-refractivity contribution in [3.05, 3.63) is 50.0 Å². The number of carbonyl (C=O) groups is 2. The van der Waals surface area contributed by atoms with Crippen molar-refractivity contribution in [2.45, 2.75) is 46.3 Å². The Labute approximate surface area is 171 Å². The van der Waals surface area contributed by atoms with Crippen molar-refractivity contribution in [1.82, 2.24) is 9.88 Å². The highest BCUT2D eigenvalue weighted by Gasteiger charge is 2.28. The molecule has 1 aliphatic rings. The van der Waals surface area contributed by atoms with Crippen LogP contribution in [0, 0.1) is 17.0 Å². The summed E-state index contributed by atoms with van der Waals surface area (Å²) in [6.45, 7) is 7.92. The third kappa shape index (κ3) is 4.89. The van der Waals surface area contributed by atoms with Crippen molar-refractivity contribution in [2.75, 3.05) is 11.9 Å². The van der Waals surface area contributed by atoms with Gasteiger partial charge in [-0.2, -0.15) is 0 Å². The number of amides is 2. The maximum atomic E-state index is 12.5. The molecule has 29 heavy (non-hydrogen) atoms. The SMILES string of the molecule is Cc1ccc(C(=O)Nc2nc3c(s2)CN(C(=O)OC(C)(C)C)CC3)cc1[N+](=O)[O-]. The lowest BCUT2D eigenvalue weighted by atomic mass is 10.1. The molecule has 3 rings (SSSR count). The second kappa shape index (κ2) is 7.78. The van der Waals surface area contributed by atoms with Crippen LogP contribution >= 0.6 is 11.3 Å². The summed E-state index contributed by atoms with van der Waals surface area (Å²) in [7, 11) is 0. The highest BCUT2D eigenvalue weighted by atomic mass is 32.1. The second-order valence-corrected chi connectivity index (χ2v) is 8.84. The number of thiazole rings is 1. The smallest absolute Gasteiger partial charge is 0.410 e. The number of hydrogen-bond acceptors (Lipinski definition) is 7. The Balaban J connectivity index is 1.71. The molecular weight excluding hydrogens is 396 g/mol. The Morgan fingerprint density at radius 2 is 2.07 bits per heavy atom. The van der Waals surface area contributed by atoms with Crippen LogP contribution < -0.4 is 5.32 Å². The molecule has 0 saturated carbocycles.